The maximum Gasteiger partial charge on any atom is 0.149 e. The number of carbonyl (C=O) groups excluding carboxylic acids is 1. The molecule has 0 aromatic rings. The number of Topliss-reactive ketones (excluding diaryl/α,β-unsaturated/α-hetero) is 1. The first-order valence-corrected chi connectivity index (χ1v) is 4.29. The van der Waals surface area contributed by atoms with E-state index in [1.165, 1.54) is 0 Å². The zero-order chi connectivity index (χ0) is 8.85. The van der Waals surface area contributed by atoms with Crippen LogP contribution >= 0.6 is 0 Å². The third-order valence-electron chi connectivity index (χ3n) is 1.68. The van der Waals surface area contributed by atoms with E-state index in [1.54, 1.807) is 0 Å². The van der Waals surface area contributed by atoms with Crippen LogP contribution in [0, 0.1) is 5.92 Å². The smallest absolute Gasteiger partial charge is 0.149 e. The van der Waals surface area contributed by atoms with Gasteiger partial charge in [0.15, 0.2) is 0 Å². The summed E-state index contributed by atoms with van der Waals surface area (Å²) in [5, 5.41) is 0. The van der Waals surface area contributed by atoms with Crippen LogP contribution in [0.3, 0.4) is 0 Å². The zero-order valence-electron chi connectivity index (χ0n) is 8.05. The molecule has 0 saturated carbocycles. The average Bonchev–Trinajstić information content (AvgIpc) is 1.87. The van der Waals surface area contributed by atoms with Crippen LogP contribution in [0.5, 0.6) is 0 Å². The van der Waals surface area contributed by atoms with Crippen molar-refractivity contribution in [3.63, 3.8) is 0 Å². The Bertz CT molecular complexity index is 121. The first kappa shape index (κ1) is 10.6. The normalized spacial score (nSPS) is 11.1. The van der Waals surface area contributed by atoms with Gasteiger partial charge in [-0.2, -0.15) is 0 Å². The molecule has 0 bridgehead atoms. The minimum atomic E-state index is 0.175. The highest BCUT2D eigenvalue weighted by atomic mass is 16.1. The van der Waals surface area contributed by atoms with E-state index < -0.39 is 0 Å². The first-order chi connectivity index (χ1) is 5.07. The third-order valence-corrected chi connectivity index (χ3v) is 1.68. The average molecular weight is 157 g/mol. The summed E-state index contributed by atoms with van der Waals surface area (Å²) in [6.07, 6.45) is 1.11. The second-order valence-corrected chi connectivity index (χ2v) is 3.36. The van der Waals surface area contributed by atoms with Crippen LogP contribution < -0.4 is 0 Å². The predicted molar refractivity (Wildman–Crippen MR) is 47.6 cm³/mol. The van der Waals surface area contributed by atoms with E-state index in [2.05, 4.69) is 11.8 Å². The van der Waals surface area contributed by atoms with Crippen LogP contribution in [0.4, 0.5) is 0 Å². The summed E-state index contributed by atoms with van der Waals surface area (Å²) in [6, 6.07) is 0. The number of ketones is 1. The molecule has 0 aliphatic heterocycles. The highest BCUT2D eigenvalue weighted by molar-refractivity contribution is 5.82. The molecule has 0 fully saturated rings. The van der Waals surface area contributed by atoms with Gasteiger partial charge in [-0.25, -0.2) is 0 Å². The van der Waals surface area contributed by atoms with Crippen LogP contribution in [-0.4, -0.2) is 30.8 Å². The molecule has 0 atom stereocenters. The fourth-order valence-electron chi connectivity index (χ4n) is 0.909. The van der Waals surface area contributed by atoms with Crippen LogP contribution in [0.25, 0.3) is 0 Å². The van der Waals surface area contributed by atoms with Gasteiger partial charge in [0.05, 0.1) is 6.54 Å². The van der Waals surface area contributed by atoms with E-state index in [9.17, 15) is 4.79 Å². The highest BCUT2D eigenvalue weighted by Crippen LogP contribution is 1.96. The molecule has 0 saturated heterocycles. The van der Waals surface area contributed by atoms with E-state index in [1.807, 2.05) is 20.9 Å². The summed E-state index contributed by atoms with van der Waals surface area (Å²) in [5.74, 6) is 0.509. The molecule has 0 aliphatic carbocycles. The second-order valence-electron chi connectivity index (χ2n) is 3.36. The van der Waals surface area contributed by atoms with Crippen molar-refractivity contribution in [2.45, 2.75) is 27.2 Å². The number of nitrogens with zero attached hydrogens (tertiary/aromatic N) is 1. The molecule has 0 heterocycles. The number of hydrogen-bond acceptors (Lipinski definition) is 2. The van der Waals surface area contributed by atoms with Gasteiger partial charge in [0.1, 0.15) is 5.78 Å². The van der Waals surface area contributed by atoms with E-state index in [0.29, 0.717) is 12.3 Å². The minimum absolute atomic E-state index is 0.175. The van der Waals surface area contributed by atoms with Crippen LogP contribution in [-0.2, 0) is 4.79 Å². The molecule has 11 heavy (non-hydrogen) atoms. The fraction of sp³-hybridized carbons (Fsp3) is 0.889. The third kappa shape index (κ3) is 4.96. The molecule has 0 aromatic carbocycles. The molecular weight excluding hydrogens is 138 g/mol. The quantitative estimate of drug-likeness (QED) is 0.603. The molecule has 0 aliphatic rings. The Hall–Kier alpha value is -0.370. The SMILES string of the molecule is CCCN(C)CC(=O)C(C)C. The van der Waals surface area contributed by atoms with Crippen molar-refractivity contribution in [2.75, 3.05) is 20.1 Å². The van der Waals surface area contributed by atoms with E-state index in [4.69, 9.17) is 0 Å². The van der Waals surface area contributed by atoms with Crippen LogP contribution in [0.2, 0.25) is 0 Å². The molecule has 0 unspecified atom stereocenters. The van der Waals surface area contributed by atoms with Gasteiger partial charge in [-0.3, -0.25) is 9.69 Å². The van der Waals surface area contributed by atoms with Crippen molar-refractivity contribution in [2.24, 2.45) is 5.92 Å². The van der Waals surface area contributed by atoms with Crippen molar-refractivity contribution >= 4 is 5.78 Å². The number of carbonyl (C=O) groups is 1. The van der Waals surface area contributed by atoms with E-state index >= 15 is 0 Å². The van der Waals surface area contributed by atoms with Gasteiger partial charge in [-0.1, -0.05) is 20.8 Å². The van der Waals surface area contributed by atoms with Crippen molar-refractivity contribution < 1.29 is 4.79 Å². The van der Waals surface area contributed by atoms with Crippen molar-refractivity contribution in [1.29, 1.82) is 0 Å². The summed E-state index contributed by atoms with van der Waals surface area (Å²) >= 11 is 0. The lowest BCUT2D eigenvalue weighted by molar-refractivity contribution is -0.122. The van der Waals surface area contributed by atoms with Gasteiger partial charge in [-0.05, 0) is 20.0 Å². The Kier molecular flexibility index (Phi) is 5.12. The molecule has 0 spiro atoms. The Balaban J connectivity index is 3.57. The molecule has 2 heteroatoms. The van der Waals surface area contributed by atoms with Gasteiger partial charge >= 0.3 is 0 Å². The monoisotopic (exact) mass is 157 g/mol. The van der Waals surface area contributed by atoms with Gasteiger partial charge in [0.25, 0.3) is 0 Å². The summed E-state index contributed by atoms with van der Waals surface area (Å²) in [7, 11) is 1.99. The fourth-order valence-corrected chi connectivity index (χ4v) is 0.909. The highest BCUT2D eigenvalue weighted by Gasteiger charge is 2.08. The lowest BCUT2D eigenvalue weighted by Crippen LogP contribution is -2.29. The number of likely N-dealkylation sites (N-methyl/N-ethyl adjacent to an activating group) is 1. The largest absolute Gasteiger partial charge is 0.299 e. The Morgan fingerprint density at radius 1 is 1.45 bits per heavy atom. The number of hydrogen-bond donors (Lipinski definition) is 0. The lowest BCUT2D eigenvalue weighted by atomic mass is 10.1. The van der Waals surface area contributed by atoms with Gasteiger partial charge in [0.2, 0.25) is 0 Å². The topological polar surface area (TPSA) is 20.3 Å². The summed E-state index contributed by atoms with van der Waals surface area (Å²) in [4.78, 5) is 13.3. The van der Waals surface area contributed by atoms with E-state index in [-0.39, 0.29) is 5.92 Å². The van der Waals surface area contributed by atoms with Crippen molar-refractivity contribution in [1.82, 2.24) is 4.90 Å². The summed E-state index contributed by atoms with van der Waals surface area (Å²) in [5.41, 5.74) is 0. The molecule has 0 N–H and O–H groups in total. The van der Waals surface area contributed by atoms with Crippen LogP contribution in [0.1, 0.15) is 27.2 Å². The van der Waals surface area contributed by atoms with Crippen LogP contribution in [0.15, 0.2) is 0 Å². The van der Waals surface area contributed by atoms with Gasteiger partial charge in [0, 0.05) is 5.92 Å². The molecule has 0 aromatic heterocycles. The Morgan fingerprint density at radius 2 is 2.00 bits per heavy atom. The van der Waals surface area contributed by atoms with Gasteiger partial charge < -0.3 is 0 Å². The van der Waals surface area contributed by atoms with Crippen molar-refractivity contribution in [3.8, 4) is 0 Å². The Labute approximate surface area is 69.6 Å². The number of rotatable bonds is 5. The Morgan fingerprint density at radius 3 is 2.36 bits per heavy atom. The maximum atomic E-state index is 11.2. The maximum absolute atomic E-state index is 11.2. The van der Waals surface area contributed by atoms with E-state index in [0.717, 1.165) is 13.0 Å². The molecule has 2 nitrogen and oxygen atoms in total. The molecular formula is C9H19NO. The lowest BCUT2D eigenvalue weighted by Gasteiger charge is -2.15. The molecule has 0 amide bonds. The second kappa shape index (κ2) is 5.30. The molecule has 0 radical (unpaired) electrons. The first-order valence-electron chi connectivity index (χ1n) is 4.29. The molecule has 66 valence electrons. The van der Waals surface area contributed by atoms with Gasteiger partial charge in [-0.15, -0.1) is 0 Å². The summed E-state index contributed by atoms with van der Waals surface area (Å²) < 4.78 is 0. The zero-order valence-corrected chi connectivity index (χ0v) is 8.05. The predicted octanol–water partition coefficient (Wildman–Crippen LogP) is 1.55. The molecule has 0 rings (SSSR count). The standard InChI is InChI=1S/C9H19NO/c1-5-6-10(4)7-9(11)8(2)3/h8H,5-7H2,1-4H3. The van der Waals surface area contributed by atoms with Crippen molar-refractivity contribution in [3.05, 3.63) is 0 Å². The summed E-state index contributed by atoms with van der Waals surface area (Å²) in [6.45, 7) is 7.63. The minimum Gasteiger partial charge on any atom is -0.299 e.